The average Bonchev–Trinajstić information content (AvgIpc) is 3.11. The fourth-order valence-electron chi connectivity index (χ4n) is 2.70. The molecule has 2 aromatic rings. The molecule has 1 N–H and O–H groups in total. The fourth-order valence-corrected chi connectivity index (χ4v) is 3.34. The van der Waals surface area contributed by atoms with Gasteiger partial charge in [-0.15, -0.1) is 0 Å². The molecule has 0 spiro atoms. The molecule has 1 aliphatic heterocycles. The maximum atomic E-state index is 13.0. The number of amides is 1. The van der Waals surface area contributed by atoms with E-state index in [1.54, 1.807) is 0 Å². The molecule has 0 atom stereocenters. The SMILES string of the molecule is O=C(NCCN1CCN(c2ccc(F)cc2)CC1)c1ccsc1. The summed E-state index contributed by atoms with van der Waals surface area (Å²) in [6.07, 6.45) is 0. The standard InChI is InChI=1S/C17H20FN3OS/c18-15-1-3-16(4-2-15)21-10-8-20(9-11-21)7-6-19-17(22)14-5-12-23-13-14/h1-5,12-13H,6-11H2,(H,19,22). The summed E-state index contributed by atoms with van der Waals surface area (Å²) >= 11 is 1.53. The second kappa shape index (κ2) is 7.57. The maximum absolute atomic E-state index is 13.0. The molecule has 1 aromatic carbocycles. The van der Waals surface area contributed by atoms with Gasteiger partial charge in [0.05, 0.1) is 0 Å². The summed E-state index contributed by atoms with van der Waals surface area (Å²) in [6, 6.07) is 8.49. The maximum Gasteiger partial charge on any atom is 0.252 e. The van der Waals surface area contributed by atoms with Crippen molar-refractivity contribution in [2.24, 2.45) is 0 Å². The van der Waals surface area contributed by atoms with Gasteiger partial charge in [0.15, 0.2) is 0 Å². The first-order valence-corrected chi connectivity index (χ1v) is 8.70. The van der Waals surface area contributed by atoms with Crippen LogP contribution in [-0.2, 0) is 0 Å². The van der Waals surface area contributed by atoms with Crippen molar-refractivity contribution in [2.45, 2.75) is 0 Å². The van der Waals surface area contributed by atoms with Crippen molar-refractivity contribution in [2.75, 3.05) is 44.2 Å². The predicted octanol–water partition coefficient (Wildman–Crippen LogP) is 2.44. The lowest BCUT2D eigenvalue weighted by molar-refractivity contribution is 0.0948. The molecule has 0 saturated carbocycles. The molecule has 0 aliphatic carbocycles. The third-order valence-corrected chi connectivity index (χ3v) is 4.74. The number of anilines is 1. The van der Waals surface area contributed by atoms with Crippen LogP contribution in [0.1, 0.15) is 10.4 Å². The van der Waals surface area contributed by atoms with E-state index in [-0.39, 0.29) is 11.7 Å². The fraction of sp³-hybridized carbons (Fsp3) is 0.353. The smallest absolute Gasteiger partial charge is 0.252 e. The summed E-state index contributed by atoms with van der Waals surface area (Å²) in [7, 11) is 0. The molecular formula is C17H20FN3OS. The minimum Gasteiger partial charge on any atom is -0.369 e. The molecule has 1 fully saturated rings. The zero-order chi connectivity index (χ0) is 16.1. The van der Waals surface area contributed by atoms with E-state index in [9.17, 15) is 9.18 Å². The summed E-state index contributed by atoms with van der Waals surface area (Å²) < 4.78 is 13.0. The normalized spacial score (nSPS) is 15.6. The van der Waals surface area contributed by atoms with E-state index in [1.165, 1.54) is 23.5 Å². The van der Waals surface area contributed by atoms with Gasteiger partial charge in [-0.2, -0.15) is 11.3 Å². The van der Waals surface area contributed by atoms with Gasteiger partial charge in [-0.25, -0.2) is 4.39 Å². The van der Waals surface area contributed by atoms with Crippen LogP contribution in [0.4, 0.5) is 10.1 Å². The van der Waals surface area contributed by atoms with E-state index >= 15 is 0 Å². The summed E-state index contributed by atoms with van der Waals surface area (Å²) in [5.74, 6) is -0.204. The molecule has 23 heavy (non-hydrogen) atoms. The van der Waals surface area contributed by atoms with Crippen molar-refractivity contribution in [3.8, 4) is 0 Å². The summed E-state index contributed by atoms with van der Waals surface area (Å²) in [5.41, 5.74) is 1.80. The number of nitrogens with one attached hydrogen (secondary N) is 1. The Morgan fingerprint density at radius 1 is 1.13 bits per heavy atom. The Bertz CT molecular complexity index is 622. The van der Waals surface area contributed by atoms with E-state index in [1.807, 2.05) is 29.0 Å². The topological polar surface area (TPSA) is 35.6 Å². The van der Waals surface area contributed by atoms with Gasteiger partial charge in [-0.05, 0) is 35.7 Å². The molecule has 1 amide bonds. The number of hydrogen-bond donors (Lipinski definition) is 1. The Morgan fingerprint density at radius 3 is 2.52 bits per heavy atom. The molecule has 4 nitrogen and oxygen atoms in total. The molecule has 3 rings (SSSR count). The van der Waals surface area contributed by atoms with E-state index < -0.39 is 0 Å². The van der Waals surface area contributed by atoms with Crippen LogP contribution in [0, 0.1) is 5.82 Å². The van der Waals surface area contributed by atoms with Crippen molar-refractivity contribution in [1.82, 2.24) is 10.2 Å². The lowest BCUT2D eigenvalue weighted by atomic mass is 10.2. The number of carbonyl (C=O) groups is 1. The first kappa shape index (κ1) is 16.0. The summed E-state index contributed by atoms with van der Waals surface area (Å²) in [5, 5.41) is 6.72. The average molecular weight is 333 g/mol. The quantitative estimate of drug-likeness (QED) is 0.913. The molecule has 0 unspecified atom stereocenters. The Labute approximate surface area is 139 Å². The molecule has 1 aliphatic rings. The van der Waals surface area contributed by atoms with Crippen molar-refractivity contribution >= 4 is 22.9 Å². The molecule has 1 saturated heterocycles. The van der Waals surface area contributed by atoms with E-state index in [4.69, 9.17) is 0 Å². The highest BCUT2D eigenvalue weighted by atomic mass is 32.1. The van der Waals surface area contributed by atoms with Gasteiger partial charge in [0.2, 0.25) is 0 Å². The van der Waals surface area contributed by atoms with Crippen LogP contribution in [0.2, 0.25) is 0 Å². The highest BCUT2D eigenvalue weighted by molar-refractivity contribution is 7.08. The highest BCUT2D eigenvalue weighted by Gasteiger charge is 2.17. The third kappa shape index (κ3) is 4.30. The first-order valence-electron chi connectivity index (χ1n) is 7.75. The third-order valence-electron chi connectivity index (χ3n) is 4.06. The zero-order valence-corrected chi connectivity index (χ0v) is 13.7. The van der Waals surface area contributed by atoms with Crippen molar-refractivity contribution in [3.05, 3.63) is 52.5 Å². The lowest BCUT2D eigenvalue weighted by Crippen LogP contribution is -2.48. The predicted molar refractivity (Wildman–Crippen MR) is 91.7 cm³/mol. The van der Waals surface area contributed by atoms with Crippen LogP contribution in [0.3, 0.4) is 0 Å². The number of benzene rings is 1. The minimum atomic E-state index is -0.200. The number of carbonyl (C=O) groups excluding carboxylic acids is 1. The largest absolute Gasteiger partial charge is 0.369 e. The Kier molecular flexibility index (Phi) is 5.25. The molecule has 0 bridgehead atoms. The Balaban J connectivity index is 1.39. The number of piperazine rings is 1. The molecule has 122 valence electrons. The number of nitrogens with zero attached hydrogens (tertiary/aromatic N) is 2. The monoisotopic (exact) mass is 333 g/mol. The van der Waals surface area contributed by atoms with Crippen LogP contribution in [-0.4, -0.2) is 50.1 Å². The number of halogens is 1. The summed E-state index contributed by atoms with van der Waals surface area (Å²) in [6.45, 7) is 5.25. The van der Waals surface area contributed by atoms with Gasteiger partial charge < -0.3 is 10.2 Å². The van der Waals surface area contributed by atoms with Crippen molar-refractivity contribution in [3.63, 3.8) is 0 Å². The Morgan fingerprint density at radius 2 is 1.87 bits per heavy atom. The van der Waals surface area contributed by atoms with Gasteiger partial charge in [0.1, 0.15) is 5.82 Å². The van der Waals surface area contributed by atoms with Crippen molar-refractivity contribution in [1.29, 1.82) is 0 Å². The first-order chi connectivity index (χ1) is 11.2. The van der Waals surface area contributed by atoms with Crippen LogP contribution >= 0.6 is 11.3 Å². The van der Waals surface area contributed by atoms with Crippen LogP contribution < -0.4 is 10.2 Å². The number of hydrogen-bond acceptors (Lipinski definition) is 4. The second-order valence-corrected chi connectivity index (χ2v) is 6.35. The second-order valence-electron chi connectivity index (χ2n) is 5.57. The molecule has 1 aromatic heterocycles. The van der Waals surface area contributed by atoms with Crippen LogP contribution in [0.15, 0.2) is 41.1 Å². The van der Waals surface area contributed by atoms with Gasteiger partial charge >= 0.3 is 0 Å². The van der Waals surface area contributed by atoms with Crippen LogP contribution in [0.5, 0.6) is 0 Å². The number of thiophene rings is 1. The minimum absolute atomic E-state index is 0.00352. The molecule has 2 heterocycles. The zero-order valence-electron chi connectivity index (χ0n) is 12.9. The van der Waals surface area contributed by atoms with Crippen molar-refractivity contribution < 1.29 is 9.18 Å². The van der Waals surface area contributed by atoms with E-state index in [0.29, 0.717) is 6.54 Å². The number of rotatable bonds is 5. The van der Waals surface area contributed by atoms with Gasteiger partial charge in [0.25, 0.3) is 5.91 Å². The van der Waals surface area contributed by atoms with Crippen LogP contribution in [0.25, 0.3) is 0 Å². The van der Waals surface area contributed by atoms with E-state index in [0.717, 1.165) is 44.0 Å². The summed E-state index contributed by atoms with van der Waals surface area (Å²) in [4.78, 5) is 16.5. The molecule has 6 heteroatoms. The van der Waals surface area contributed by atoms with Gasteiger partial charge in [-0.3, -0.25) is 9.69 Å². The molecular weight excluding hydrogens is 313 g/mol. The van der Waals surface area contributed by atoms with Gasteiger partial charge in [-0.1, -0.05) is 0 Å². The highest BCUT2D eigenvalue weighted by Crippen LogP contribution is 2.16. The lowest BCUT2D eigenvalue weighted by Gasteiger charge is -2.36. The van der Waals surface area contributed by atoms with Gasteiger partial charge in [0, 0.05) is 55.9 Å². The Hall–Kier alpha value is -1.92. The van der Waals surface area contributed by atoms with E-state index in [2.05, 4.69) is 15.1 Å². The molecule has 0 radical (unpaired) electrons.